The molecule has 0 spiro atoms. The van der Waals surface area contributed by atoms with E-state index in [9.17, 15) is 8.42 Å². The minimum absolute atomic E-state index is 0.000611. The first kappa shape index (κ1) is 15.6. The summed E-state index contributed by atoms with van der Waals surface area (Å²) in [7, 11) is -3.80. The fourth-order valence-corrected chi connectivity index (χ4v) is 3.40. The summed E-state index contributed by atoms with van der Waals surface area (Å²) < 4.78 is 27.4. The minimum Gasteiger partial charge on any atom is -0.397 e. The van der Waals surface area contributed by atoms with Crippen molar-refractivity contribution in [3.63, 3.8) is 0 Å². The molecule has 0 heterocycles. The van der Waals surface area contributed by atoms with E-state index < -0.39 is 10.0 Å². The lowest BCUT2D eigenvalue weighted by Gasteiger charge is -2.10. The predicted octanol–water partition coefficient (Wildman–Crippen LogP) is 3.36. The molecule has 0 fully saturated rings. The van der Waals surface area contributed by atoms with Crippen LogP contribution in [0.15, 0.2) is 45.8 Å². The minimum atomic E-state index is -3.80. The van der Waals surface area contributed by atoms with Crippen LogP contribution in [-0.2, 0) is 10.0 Å². The molecule has 8 heteroatoms. The summed E-state index contributed by atoms with van der Waals surface area (Å²) in [5.74, 6) is 0. The van der Waals surface area contributed by atoms with E-state index >= 15 is 0 Å². The molecule has 0 saturated carbocycles. The van der Waals surface area contributed by atoms with Crippen LogP contribution in [0.3, 0.4) is 0 Å². The largest absolute Gasteiger partial charge is 0.397 e. The Bertz CT molecular complexity index is 847. The molecule has 2 rings (SSSR count). The van der Waals surface area contributed by atoms with Crippen molar-refractivity contribution in [2.45, 2.75) is 4.90 Å². The summed E-state index contributed by atoms with van der Waals surface area (Å²) in [6.45, 7) is 0. The number of sulfonamides is 1. The molecule has 0 aliphatic carbocycles. The van der Waals surface area contributed by atoms with E-state index in [-0.39, 0.29) is 15.6 Å². The first-order valence-corrected chi connectivity index (χ1v) is 8.26. The summed E-state index contributed by atoms with van der Waals surface area (Å²) >= 11 is 8.99. The van der Waals surface area contributed by atoms with Crippen LogP contribution < -0.4 is 10.5 Å². The Morgan fingerprint density at radius 3 is 2.52 bits per heavy atom. The van der Waals surface area contributed by atoms with Crippen LogP contribution in [0.5, 0.6) is 0 Å². The van der Waals surface area contributed by atoms with Crippen molar-refractivity contribution in [2.24, 2.45) is 0 Å². The van der Waals surface area contributed by atoms with Gasteiger partial charge < -0.3 is 5.73 Å². The zero-order valence-corrected chi connectivity index (χ0v) is 13.6. The van der Waals surface area contributed by atoms with Crippen LogP contribution in [0.25, 0.3) is 0 Å². The average molecular weight is 387 g/mol. The van der Waals surface area contributed by atoms with Gasteiger partial charge in [0, 0.05) is 4.47 Å². The highest BCUT2D eigenvalue weighted by molar-refractivity contribution is 9.10. The Morgan fingerprint density at radius 1 is 1.24 bits per heavy atom. The molecule has 0 saturated heterocycles. The molecular formula is C13H9BrClN3O2S. The zero-order valence-electron chi connectivity index (χ0n) is 10.5. The molecule has 0 atom stereocenters. The maximum Gasteiger partial charge on any atom is 0.262 e. The third kappa shape index (κ3) is 3.47. The van der Waals surface area contributed by atoms with Crippen molar-refractivity contribution < 1.29 is 8.42 Å². The average Bonchev–Trinajstić information content (AvgIpc) is 2.43. The van der Waals surface area contributed by atoms with Gasteiger partial charge in [0.2, 0.25) is 0 Å². The SMILES string of the molecule is N#Cc1ccc(NS(=O)(=O)c2ccc(Cl)c(N)c2)c(Br)c1. The molecule has 0 amide bonds. The smallest absolute Gasteiger partial charge is 0.262 e. The number of nitrogen functional groups attached to an aromatic ring is 1. The molecule has 2 aromatic rings. The fraction of sp³-hybridized carbons (Fsp3) is 0. The molecule has 0 aromatic heterocycles. The topological polar surface area (TPSA) is 96.0 Å². The van der Waals surface area contributed by atoms with Gasteiger partial charge >= 0.3 is 0 Å². The third-order valence-corrected chi connectivity index (χ3v) is 4.98. The molecule has 21 heavy (non-hydrogen) atoms. The molecule has 5 nitrogen and oxygen atoms in total. The van der Waals surface area contributed by atoms with E-state index in [1.807, 2.05) is 6.07 Å². The second-order valence-electron chi connectivity index (χ2n) is 4.10. The summed E-state index contributed by atoms with van der Waals surface area (Å²) in [5, 5.41) is 9.07. The predicted molar refractivity (Wildman–Crippen MR) is 85.5 cm³/mol. The normalized spacial score (nSPS) is 10.9. The number of rotatable bonds is 3. The van der Waals surface area contributed by atoms with Gasteiger partial charge in [-0.05, 0) is 52.3 Å². The molecule has 3 N–H and O–H groups in total. The van der Waals surface area contributed by atoms with E-state index in [1.165, 1.54) is 36.4 Å². The first-order chi connectivity index (χ1) is 9.83. The van der Waals surface area contributed by atoms with Crippen LogP contribution in [0.1, 0.15) is 5.56 Å². The molecule has 108 valence electrons. The third-order valence-electron chi connectivity index (χ3n) is 2.62. The summed E-state index contributed by atoms with van der Waals surface area (Å²) in [5.41, 5.74) is 6.53. The van der Waals surface area contributed by atoms with Gasteiger partial charge in [0.25, 0.3) is 10.0 Å². The van der Waals surface area contributed by atoms with Gasteiger partial charge in [0.05, 0.1) is 32.9 Å². The fourth-order valence-electron chi connectivity index (χ4n) is 1.56. The lowest BCUT2D eigenvalue weighted by Crippen LogP contribution is -2.13. The maximum atomic E-state index is 12.3. The highest BCUT2D eigenvalue weighted by atomic mass is 79.9. The van der Waals surface area contributed by atoms with E-state index in [0.717, 1.165) is 0 Å². The number of nitrogens with zero attached hydrogens (tertiary/aromatic N) is 1. The highest BCUT2D eigenvalue weighted by Crippen LogP contribution is 2.28. The van der Waals surface area contributed by atoms with Crippen LogP contribution in [-0.4, -0.2) is 8.42 Å². The molecular weight excluding hydrogens is 378 g/mol. The molecule has 0 aliphatic rings. The second-order valence-corrected chi connectivity index (χ2v) is 7.04. The second kappa shape index (κ2) is 5.93. The molecule has 0 aliphatic heterocycles. The first-order valence-electron chi connectivity index (χ1n) is 5.61. The Morgan fingerprint density at radius 2 is 1.95 bits per heavy atom. The highest BCUT2D eigenvalue weighted by Gasteiger charge is 2.17. The monoisotopic (exact) mass is 385 g/mol. The molecule has 0 radical (unpaired) electrons. The van der Waals surface area contributed by atoms with E-state index in [1.54, 1.807) is 0 Å². The lowest BCUT2D eigenvalue weighted by atomic mass is 10.2. The van der Waals surface area contributed by atoms with Crippen molar-refractivity contribution in [3.05, 3.63) is 51.5 Å². The van der Waals surface area contributed by atoms with Gasteiger partial charge in [-0.15, -0.1) is 0 Å². The van der Waals surface area contributed by atoms with Crippen molar-refractivity contribution in [3.8, 4) is 6.07 Å². The van der Waals surface area contributed by atoms with Crippen molar-refractivity contribution in [2.75, 3.05) is 10.5 Å². The lowest BCUT2D eigenvalue weighted by molar-refractivity contribution is 0.601. The van der Waals surface area contributed by atoms with Gasteiger partial charge in [0.1, 0.15) is 0 Å². The van der Waals surface area contributed by atoms with Crippen molar-refractivity contribution in [1.29, 1.82) is 5.26 Å². The van der Waals surface area contributed by atoms with Gasteiger partial charge in [0.15, 0.2) is 0 Å². The van der Waals surface area contributed by atoms with Gasteiger partial charge in [-0.25, -0.2) is 8.42 Å². The number of hydrogen-bond acceptors (Lipinski definition) is 4. The summed E-state index contributed by atoms with van der Waals surface area (Å²) in [6.07, 6.45) is 0. The van der Waals surface area contributed by atoms with Gasteiger partial charge in [-0.1, -0.05) is 11.6 Å². The van der Waals surface area contributed by atoms with Crippen LogP contribution >= 0.6 is 27.5 Å². The van der Waals surface area contributed by atoms with Crippen molar-refractivity contribution >= 4 is 48.9 Å². The number of anilines is 2. The van der Waals surface area contributed by atoms with E-state index in [0.29, 0.717) is 15.7 Å². The van der Waals surface area contributed by atoms with E-state index in [4.69, 9.17) is 22.6 Å². The number of hydrogen-bond donors (Lipinski definition) is 2. The molecule has 0 bridgehead atoms. The van der Waals surface area contributed by atoms with Gasteiger partial charge in [-0.3, -0.25) is 4.72 Å². The van der Waals surface area contributed by atoms with Crippen LogP contribution in [0, 0.1) is 11.3 Å². The number of benzene rings is 2. The van der Waals surface area contributed by atoms with Crippen LogP contribution in [0.2, 0.25) is 5.02 Å². The van der Waals surface area contributed by atoms with Crippen LogP contribution in [0.4, 0.5) is 11.4 Å². The Hall–Kier alpha value is -1.75. The molecule has 2 aromatic carbocycles. The Balaban J connectivity index is 2.37. The number of nitrogens with two attached hydrogens (primary N) is 1. The maximum absolute atomic E-state index is 12.3. The summed E-state index contributed by atoms with van der Waals surface area (Å²) in [6, 6.07) is 10.6. The number of nitrogens with one attached hydrogen (secondary N) is 1. The number of nitriles is 1. The van der Waals surface area contributed by atoms with E-state index in [2.05, 4.69) is 20.7 Å². The standard InChI is InChI=1S/C13H9BrClN3O2S/c14-10-5-8(7-16)1-4-13(10)18-21(19,20)9-2-3-11(15)12(17)6-9/h1-6,18H,17H2. The zero-order chi connectivity index (χ0) is 15.6. The molecule has 0 unspecified atom stereocenters. The Kier molecular flexibility index (Phi) is 4.42. The van der Waals surface area contributed by atoms with Crippen molar-refractivity contribution in [1.82, 2.24) is 0 Å². The quantitative estimate of drug-likeness (QED) is 0.791. The Labute approximate surface area is 135 Å². The number of halogens is 2. The van der Waals surface area contributed by atoms with Gasteiger partial charge in [-0.2, -0.15) is 5.26 Å². The summed E-state index contributed by atoms with van der Waals surface area (Å²) in [4.78, 5) is 0.000611.